The Morgan fingerprint density at radius 3 is 2.29 bits per heavy atom. The van der Waals surface area contributed by atoms with E-state index in [0.717, 1.165) is 12.1 Å². The molecule has 2 aromatic carbocycles. The van der Waals surface area contributed by atoms with Gasteiger partial charge in [0.1, 0.15) is 0 Å². The molecule has 3 rings (SSSR count). The molecule has 0 spiro atoms. The van der Waals surface area contributed by atoms with Gasteiger partial charge < -0.3 is 19.7 Å². The maximum Gasteiger partial charge on any atom is 0.269 e. The minimum Gasteiger partial charge on any atom is -0.493 e. The number of nitrogens with zero attached hydrogens (tertiary/aromatic N) is 1. The molecule has 4 amide bonds. The molecule has 2 aromatic rings. The number of hydrazine groups is 1. The van der Waals surface area contributed by atoms with Crippen LogP contribution in [0.25, 0.3) is 0 Å². The van der Waals surface area contributed by atoms with Crippen LogP contribution in [-0.2, 0) is 9.59 Å². The van der Waals surface area contributed by atoms with Crippen molar-refractivity contribution in [2.24, 2.45) is 0 Å². The van der Waals surface area contributed by atoms with E-state index in [1.54, 1.807) is 41.3 Å². The molecular formula is C24H28N4O6. The van der Waals surface area contributed by atoms with Crippen molar-refractivity contribution in [3.8, 4) is 11.5 Å². The van der Waals surface area contributed by atoms with Gasteiger partial charge in [-0.1, -0.05) is 0 Å². The molecule has 0 aromatic heterocycles. The Labute approximate surface area is 197 Å². The Kier molecular flexibility index (Phi) is 8.07. The monoisotopic (exact) mass is 468 g/mol. The Bertz CT molecular complexity index is 1070. The summed E-state index contributed by atoms with van der Waals surface area (Å²) in [5, 5.41) is 2.48. The van der Waals surface area contributed by atoms with Gasteiger partial charge in [-0.15, -0.1) is 0 Å². The highest BCUT2D eigenvalue weighted by Crippen LogP contribution is 2.29. The molecule has 1 heterocycles. The molecule has 10 nitrogen and oxygen atoms in total. The molecule has 3 N–H and O–H groups in total. The van der Waals surface area contributed by atoms with Gasteiger partial charge in [-0.25, -0.2) is 0 Å². The van der Waals surface area contributed by atoms with Crippen molar-refractivity contribution in [2.45, 2.75) is 32.8 Å². The summed E-state index contributed by atoms with van der Waals surface area (Å²) in [7, 11) is 1.47. The van der Waals surface area contributed by atoms with Crippen LogP contribution in [-0.4, -0.2) is 49.9 Å². The molecule has 1 aliphatic heterocycles. The number of hydrogen-bond acceptors (Lipinski definition) is 6. The Morgan fingerprint density at radius 2 is 1.68 bits per heavy atom. The van der Waals surface area contributed by atoms with Crippen molar-refractivity contribution in [1.82, 2.24) is 16.2 Å². The van der Waals surface area contributed by atoms with Crippen LogP contribution in [0, 0.1) is 0 Å². The molecule has 1 aliphatic rings. The van der Waals surface area contributed by atoms with Gasteiger partial charge in [0.15, 0.2) is 11.5 Å². The third kappa shape index (κ3) is 6.25. The third-order valence-electron chi connectivity index (χ3n) is 5.03. The van der Waals surface area contributed by atoms with Crippen LogP contribution in [0.1, 0.15) is 47.4 Å². The fourth-order valence-electron chi connectivity index (χ4n) is 3.38. The highest BCUT2D eigenvalue weighted by Gasteiger charge is 2.21. The van der Waals surface area contributed by atoms with Crippen molar-refractivity contribution in [3.63, 3.8) is 0 Å². The van der Waals surface area contributed by atoms with Gasteiger partial charge in [0.25, 0.3) is 17.7 Å². The number of nitrogens with one attached hydrogen (secondary N) is 3. The van der Waals surface area contributed by atoms with E-state index in [4.69, 9.17) is 9.47 Å². The molecule has 1 saturated heterocycles. The molecular weight excluding hydrogens is 440 g/mol. The Morgan fingerprint density at radius 1 is 0.971 bits per heavy atom. The van der Waals surface area contributed by atoms with Crippen LogP contribution >= 0.6 is 0 Å². The standard InChI is InChI=1S/C24H28N4O6/c1-15(2)34-19-11-8-17(13-20(19)33-3)24(32)27-26-21(29)14-25-23(31)16-6-9-18(10-7-16)28-12-4-5-22(28)30/h6-11,13,15H,4-5,12,14H2,1-3H3,(H,25,31)(H,26,29)(H,27,32). The largest absolute Gasteiger partial charge is 0.493 e. The maximum absolute atomic E-state index is 12.3. The van der Waals surface area contributed by atoms with E-state index in [1.165, 1.54) is 13.2 Å². The minimum atomic E-state index is -0.604. The predicted octanol–water partition coefficient (Wildman–Crippen LogP) is 1.80. The lowest BCUT2D eigenvalue weighted by Crippen LogP contribution is -2.46. The van der Waals surface area contributed by atoms with Crippen LogP contribution in [0.5, 0.6) is 11.5 Å². The Balaban J connectivity index is 1.47. The highest BCUT2D eigenvalue weighted by molar-refractivity contribution is 5.99. The average Bonchev–Trinajstić information content (AvgIpc) is 3.26. The van der Waals surface area contributed by atoms with Crippen LogP contribution < -0.4 is 30.5 Å². The van der Waals surface area contributed by atoms with E-state index in [9.17, 15) is 19.2 Å². The summed E-state index contributed by atoms with van der Waals surface area (Å²) >= 11 is 0. The zero-order valence-electron chi connectivity index (χ0n) is 19.3. The van der Waals surface area contributed by atoms with Crippen molar-refractivity contribution in [2.75, 3.05) is 25.1 Å². The second-order valence-corrected chi connectivity index (χ2v) is 7.91. The molecule has 0 unspecified atom stereocenters. The van der Waals surface area contributed by atoms with Crippen LogP contribution in [0.3, 0.4) is 0 Å². The molecule has 0 saturated carbocycles. The zero-order valence-corrected chi connectivity index (χ0v) is 19.3. The number of hydrogen-bond donors (Lipinski definition) is 3. The normalized spacial score (nSPS) is 12.9. The number of methoxy groups -OCH3 is 1. The Hall–Kier alpha value is -4.08. The zero-order chi connectivity index (χ0) is 24.7. The number of anilines is 1. The molecule has 0 atom stereocenters. The fraction of sp³-hybridized carbons (Fsp3) is 0.333. The minimum absolute atomic E-state index is 0.0599. The lowest BCUT2D eigenvalue weighted by atomic mass is 10.2. The van der Waals surface area contributed by atoms with Crippen molar-refractivity contribution < 1.29 is 28.7 Å². The molecule has 0 aliphatic carbocycles. The molecule has 0 radical (unpaired) electrons. The van der Waals surface area contributed by atoms with Gasteiger partial charge >= 0.3 is 0 Å². The highest BCUT2D eigenvalue weighted by atomic mass is 16.5. The van der Waals surface area contributed by atoms with Crippen LogP contribution in [0.2, 0.25) is 0 Å². The number of rotatable bonds is 8. The van der Waals surface area contributed by atoms with Crippen molar-refractivity contribution in [1.29, 1.82) is 0 Å². The smallest absolute Gasteiger partial charge is 0.269 e. The van der Waals surface area contributed by atoms with E-state index in [0.29, 0.717) is 30.0 Å². The molecule has 10 heteroatoms. The van der Waals surface area contributed by atoms with Crippen molar-refractivity contribution in [3.05, 3.63) is 53.6 Å². The van der Waals surface area contributed by atoms with Gasteiger partial charge in [0.05, 0.1) is 19.8 Å². The quantitative estimate of drug-likeness (QED) is 0.507. The summed E-state index contributed by atoms with van der Waals surface area (Å²) in [5.74, 6) is -0.657. The first-order valence-electron chi connectivity index (χ1n) is 10.9. The first-order valence-corrected chi connectivity index (χ1v) is 10.9. The van der Waals surface area contributed by atoms with Crippen LogP contribution in [0.15, 0.2) is 42.5 Å². The average molecular weight is 469 g/mol. The SMILES string of the molecule is COc1cc(C(=O)NNC(=O)CNC(=O)c2ccc(N3CCCC3=O)cc2)ccc1OC(C)C. The summed E-state index contributed by atoms with van der Waals surface area (Å²) in [6, 6.07) is 11.2. The molecule has 34 heavy (non-hydrogen) atoms. The number of carbonyl (C=O) groups is 4. The maximum atomic E-state index is 12.3. The van der Waals surface area contributed by atoms with Gasteiger partial charge in [0, 0.05) is 29.8 Å². The van der Waals surface area contributed by atoms with Crippen LogP contribution in [0.4, 0.5) is 5.69 Å². The number of benzene rings is 2. The fourth-order valence-corrected chi connectivity index (χ4v) is 3.38. The summed E-state index contributed by atoms with van der Waals surface area (Å²) < 4.78 is 10.9. The van der Waals surface area contributed by atoms with E-state index in [2.05, 4.69) is 16.2 Å². The van der Waals surface area contributed by atoms with Gasteiger partial charge in [0.2, 0.25) is 5.91 Å². The van der Waals surface area contributed by atoms with Gasteiger partial charge in [-0.3, -0.25) is 30.0 Å². The first-order chi connectivity index (χ1) is 16.3. The molecule has 0 bridgehead atoms. The van der Waals surface area contributed by atoms with Gasteiger partial charge in [-0.05, 0) is 62.7 Å². The predicted molar refractivity (Wildman–Crippen MR) is 125 cm³/mol. The van der Waals surface area contributed by atoms with E-state index in [-0.39, 0.29) is 24.1 Å². The number of carbonyl (C=O) groups excluding carboxylic acids is 4. The van der Waals surface area contributed by atoms with E-state index < -0.39 is 17.7 Å². The summed E-state index contributed by atoms with van der Waals surface area (Å²) in [5.41, 5.74) is 5.89. The molecule has 180 valence electrons. The number of amides is 4. The topological polar surface area (TPSA) is 126 Å². The second kappa shape index (κ2) is 11.2. The first kappa shape index (κ1) is 24.6. The second-order valence-electron chi connectivity index (χ2n) is 7.91. The summed E-state index contributed by atoms with van der Waals surface area (Å²) in [6.07, 6.45) is 1.28. The van der Waals surface area contributed by atoms with Crippen molar-refractivity contribution >= 4 is 29.3 Å². The lowest BCUT2D eigenvalue weighted by molar-refractivity contribution is -0.121. The lowest BCUT2D eigenvalue weighted by Gasteiger charge is -2.16. The summed E-state index contributed by atoms with van der Waals surface area (Å²) in [6.45, 7) is 4.08. The van der Waals surface area contributed by atoms with Gasteiger partial charge in [-0.2, -0.15) is 0 Å². The third-order valence-corrected chi connectivity index (χ3v) is 5.03. The molecule has 1 fully saturated rings. The summed E-state index contributed by atoms with van der Waals surface area (Å²) in [4.78, 5) is 50.2. The van der Waals surface area contributed by atoms with E-state index >= 15 is 0 Å². The number of ether oxygens (including phenoxy) is 2. The van der Waals surface area contributed by atoms with E-state index in [1.807, 2.05) is 13.8 Å².